The number of ether oxygens (including phenoxy) is 2. The Hall–Kier alpha value is -3.17. The average molecular weight is 1090 g/mol. The van der Waals surface area contributed by atoms with Gasteiger partial charge in [-0.3, -0.25) is 0 Å². The first kappa shape index (κ1) is 61.9. The molecule has 5 atom stereocenters. The molecule has 0 spiro atoms. The third-order valence-corrected chi connectivity index (χ3v) is 14.1. The molecule has 3 unspecified atom stereocenters. The number of halogens is 7. The van der Waals surface area contributed by atoms with Crippen molar-refractivity contribution in [2.75, 3.05) is 13.1 Å². The molecule has 0 aromatic carbocycles. The van der Waals surface area contributed by atoms with E-state index in [0.29, 0.717) is 31.8 Å². The third-order valence-electron chi connectivity index (χ3n) is 10.6. The highest BCUT2D eigenvalue weighted by Crippen LogP contribution is 2.39. The van der Waals surface area contributed by atoms with Gasteiger partial charge in [-0.25, -0.2) is 32.7 Å². The molecule has 69 heavy (non-hydrogen) atoms. The van der Waals surface area contributed by atoms with Crippen LogP contribution in [0, 0.1) is 11.8 Å². The molecule has 0 bridgehead atoms. The molecule has 2 aromatic heterocycles. The summed E-state index contributed by atoms with van der Waals surface area (Å²) in [5.74, 6) is 0.544. The minimum atomic E-state index is -4.56. The Balaban J connectivity index is 0.000000402. The highest BCUT2D eigenvalue weighted by atomic mass is 79.9. The molecule has 2 amide bonds. The van der Waals surface area contributed by atoms with Gasteiger partial charge in [-0.05, 0) is 201 Å². The van der Waals surface area contributed by atoms with Crippen LogP contribution < -0.4 is 4.72 Å². The highest BCUT2D eigenvalue weighted by Gasteiger charge is 2.44. The standard InChI is InChI=1S/C24H38F3N3O3S.C18H34N2O3S.C6H3BrF3N/c1-21(2,3)33-20(31)30-15-16(14-23(30,7)8)12-13-18(29-34(32)22(4,5)6)17-10-9-11-19(28-17)24(25,26)27;1-16(2,3)23-15(21)20-13-14(12-18(20,7)8)10-9-11-19-24(22)17(4,5)6;7-5-3-1-2-4(11-5)6(8,9)10/h9-11,16,18,29H,12-15H2,1-8H3;11,14H,9-10,12-13H2,1-8H3;1-3H/t16-,18?,34?;14-,24?;/m00./s1. The first-order valence-electron chi connectivity index (χ1n) is 22.9. The van der Waals surface area contributed by atoms with E-state index < -0.39 is 73.2 Å². The monoisotopic (exact) mass is 1090 g/mol. The summed E-state index contributed by atoms with van der Waals surface area (Å²) >= 11 is 2.84. The number of likely N-dealkylation sites (tertiary alicyclic amines) is 2. The third kappa shape index (κ3) is 21.6. The first-order chi connectivity index (χ1) is 31.0. The molecule has 4 rings (SSSR count). The van der Waals surface area contributed by atoms with E-state index in [1.54, 1.807) is 31.9 Å². The Labute approximate surface area is 419 Å². The molecule has 12 nitrogen and oxygen atoms in total. The average Bonchev–Trinajstić information content (AvgIpc) is 3.65. The Morgan fingerprint density at radius 3 is 1.57 bits per heavy atom. The van der Waals surface area contributed by atoms with Crippen LogP contribution in [0.15, 0.2) is 45.4 Å². The molecule has 0 saturated carbocycles. The van der Waals surface area contributed by atoms with Gasteiger partial charge in [-0.2, -0.15) is 30.7 Å². The second kappa shape index (κ2) is 24.0. The van der Waals surface area contributed by atoms with Crippen molar-refractivity contribution in [3.05, 3.63) is 58.1 Å². The molecule has 2 aliphatic heterocycles. The highest BCUT2D eigenvalue weighted by molar-refractivity contribution is 9.10. The molecule has 2 aliphatic rings. The number of nitrogens with zero attached hydrogens (tertiary/aromatic N) is 5. The van der Waals surface area contributed by atoms with E-state index in [9.17, 15) is 44.3 Å². The predicted molar refractivity (Wildman–Crippen MR) is 265 cm³/mol. The summed E-state index contributed by atoms with van der Waals surface area (Å²) in [6.45, 7) is 31.6. The summed E-state index contributed by atoms with van der Waals surface area (Å²) in [6.07, 6.45) is -3.31. The maximum absolute atomic E-state index is 13.2. The normalized spacial score (nSPS) is 20.0. The van der Waals surface area contributed by atoms with Crippen LogP contribution in [-0.4, -0.2) is 91.5 Å². The lowest BCUT2D eigenvalue weighted by atomic mass is 9.91. The SMILES string of the molecule is CC(C)(C)OC(=O)N1C[C@@H](CCC(NS(=O)C(C)(C)C)c2cccc(C(F)(F)F)n2)CC1(C)C.CC(C)(C)OC(=O)N1C[C@@H](CCC=NS(=O)C(C)(C)C)CC1(C)C.FC(F)(F)c1cccc(Br)n1. The number of aromatic nitrogens is 2. The van der Waals surface area contributed by atoms with Crippen molar-refractivity contribution >= 4 is 56.3 Å². The van der Waals surface area contributed by atoms with Crippen LogP contribution in [0.3, 0.4) is 0 Å². The van der Waals surface area contributed by atoms with Gasteiger partial charge in [0.05, 0.1) is 32.2 Å². The molecule has 0 radical (unpaired) electrons. The second-order valence-electron chi connectivity index (χ2n) is 22.6. The molecule has 1 N–H and O–H groups in total. The van der Waals surface area contributed by atoms with Gasteiger partial charge in [-0.1, -0.05) is 12.1 Å². The van der Waals surface area contributed by atoms with E-state index in [-0.39, 0.29) is 38.7 Å². The summed E-state index contributed by atoms with van der Waals surface area (Å²) in [5.41, 5.74) is -3.34. The van der Waals surface area contributed by atoms with E-state index in [1.807, 2.05) is 81.1 Å². The van der Waals surface area contributed by atoms with Crippen LogP contribution in [0.5, 0.6) is 0 Å². The number of carbonyl (C=O) groups is 2. The zero-order valence-corrected chi connectivity index (χ0v) is 46.3. The maximum Gasteiger partial charge on any atom is 0.433 e. The lowest BCUT2D eigenvalue weighted by Gasteiger charge is -2.33. The Morgan fingerprint density at radius 1 is 0.739 bits per heavy atom. The summed E-state index contributed by atoms with van der Waals surface area (Å²) in [4.78, 5) is 35.7. The predicted octanol–water partition coefficient (Wildman–Crippen LogP) is 13.2. The van der Waals surface area contributed by atoms with Crippen LogP contribution in [-0.2, 0) is 43.8 Å². The van der Waals surface area contributed by atoms with Gasteiger partial charge in [0.2, 0.25) is 0 Å². The van der Waals surface area contributed by atoms with Crippen molar-refractivity contribution in [1.82, 2.24) is 24.5 Å². The fraction of sp³-hybridized carbons (Fsp3) is 0.729. The summed E-state index contributed by atoms with van der Waals surface area (Å²) in [5, 5.41) is 0. The van der Waals surface area contributed by atoms with Gasteiger partial charge in [-0.15, -0.1) is 0 Å². The molecule has 4 heterocycles. The minimum Gasteiger partial charge on any atom is -0.444 e. The molecule has 2 aromatic rings. The van der Waals surface area contributed by atoms with Gasteiger partial charge >= 0.3 is 24.5 Å². The molecule has 0 aliphatic carbocycles. The van der Waals surface area contributed by atoms with Gasteiger partial charge in [0.15, 0.2) is 0 Å². The quantitative estimate of drug-likeness (QED) is 0.141. The number of alkyl halides is 6. The van der Waals surface area contributed by atoms with Crippen molar-refractivity contribution in [3.63, 3.8) is 0 Å². The fourth-order valence-electron chi connectivity index (χ4n) is 7.37. The largest absolute Gasteiger partial charge is 0.444 e. The first-order valence-corrected chi connectivity index (χ1v) is 25.9. The van der Waals surface area contributed by atoms with E-state index in [1.165, 1.54) is 24.3 Å². The van der Waals surface area contributed by atoms with Crippen molar-refractivity contribution in [3.8, 4) is 0 Å². The molecule has 21 heteroatoms. The van der Waals surface area contributed by atoms with Crippen LogP contribution in [0.4, 0.5) is 35.9 Å². The van der Waals surface area contributed by atoms with Gasteiger partial charge in [0, 0.05) is 30.4 Å². The number of rotatable bonds is 10. The smallest absolute Gasteiger partial charge is 0.433 e. The number of nitrogens with one attached hydrogen (secondary N) is 1. The minimum absolute atomic E-state index is 0.126. The van der Waals surface area contributed by atoms with Gasteiger partial charge < -0.3 is 19.3 Å². The topological polar surface area (TPSA) is 143 Å². The van der Waals surface area contributed by atoms with Crippen molar-refractivity contribution in [2.24, 2.45) is 16.2 Å². The summed E-state index contributed by atoms with van der Waals surface area (Å²) < 4.78 is 118. The lowest BCUT2D eigenvalue weighted by Crippen LogP contribution is -2.45. The fourth-order valence-corrected chi connectivity index (χ4v) is 9.12. The van der Waals surface area contributed by atoms with E-state index in [2.05, 4.69) is 48.9 Å². The van der Waals surface area contributed by atoms with E-state index in [0.717, 1.165) is 37.8 Å². The molecular formula is C48H75BrF6N6O6S2. The Bertz CT molecular complexity index is 2100. The molecule has 2 fully saturated rings. The maximum atomic E-state index is 13.2. The second-order valence-corrected chi connectivity index (χ2v) is 27.3. The van der Waals surface area contributed by atoms with E-state index >= 15 is 0 Å². The number of carbonyl (C=O) groups excluding carboxylic acids is 2. The summed E-state index contributed by atoms with van der Waals surface area (Å²) in [7, 11) is -2.69. The number of hydrogen-bond donors (Lipinski definition) is 1. The van der Waals surface area contributed by atoms with E-state index in [4.69, 9.17) is 9.47 Å². The zero-order chi connectivity index (χ0) is 53.4. The molecular weight excluding hydrogens is 1010 g/mol. The van der Waals surface area contributed by atoms with Crippen LogP contribution in [0.2, 0.25) is 0 Å². The van der Waals surface area contributed by atoms with Crippen molar-refractivity contribution < 1.29 is 53.8 Å². The number of hydrogen-bond acceptors (Lipinski definition) is 8. The number of amides is 2. The Kier molecular flexibility index (Phi) is 21.6. The molecule has 2 saturated heterocycles. The van der Waals surface area contributed by atoms with Crippen LogP contribution in [0.25, 0.3) is 0 Å². The molecule has 394 valence electrons. The lowest BCUT2D eigenvalue weighted by molar-refractivity contribution is -0.142. The van der Waals surface area contributed by atoms with Crippen LogP contribution in [0.1, 0.15) is 172 Å². The Morgan fingerprint density at radius 2 is 1.17 bits per heavy atom. The van der Waals surface area contributed by atoms with Gasteiger partial charge in [0.25, 0.3) is 0 Å². The van der Waals surface area contributed by atoms with Crippen LogP contribution >= 0.6 is 15.9 Å². The zero-order valence-electron chi connectivity index (χ0n) is 43.1. The van der Waals surface area contributed by atoms with Gasteiger partial charge in [0.1, 0.15) is 38.2 Å². The van der Waals surface area contributed by atoms with Crippen molar-refractivity contribution in [2.45, 2.75) is 199 Å². The summed E-state index contributed by atoms with van der Waals surface area (Å²) in [6, 6.07) is 6.81. The number of pyridine rings is 2. The van der Waals surface area contributed by atoms with Crippen molar-refractivity contribution in [1.29, 1.82) is 0 Å².